The maximum absolute atomic E-state index is 13.0. The maximum Gasteiger partial charge on any atom is 0.144 e. The summed E-state index contributed by atoms with van der Waals surface area (Å²) in [7, 11) is 0. The highest BCUT2D eigenvalue weighted by Crippen LogP contribution is 2.36. The van der Waals surface area contributed by atoms with Crippen molar-refractivity contribution in [2.45, 2.75) is 26.1 Å². The van der Waals surface area contributed by atoms with Crippen molar-refractivity contribution >= 4 is 5.78 Å². The first kappa shape index (κ1) is 23.8. The van der Waals surface area contributed by atoms with E-state index in [-0.39, 0.29) is 32.2 Å². The number of hydrogen-bond donors (Lipinski definition) is 4. The number of hydrogen-bond acceptors (Lipinski definition) is 7. The lowest BCUT2D eigenvalue weighted by Crippen LogP contribution is -2.29. The van der Waals surface area contributed by atoms with E-state index in [1.807, 2.05) is 0 Å². The Morgan fingerprint density at radius 1 is 0.767 bits per heavy atom. The van der Waals surface area contributed by atoms with E-state index in [1.165, 1.54) is 0 Å². The van der Waals surface area contributed by atoms with Gasteiger partial charge < -0.3 is 29.9 Å². The molecule has 30 heavy (non-hydrogen) atoms. The van der Waals surface area contributed by atoms with Gasteiger partial charge in [0.1, 0.15) is 30.5 Å². The lowest BCUT2D eigenvalue weighted by molar-refractivity contribution is -0.133. The van der Waals surface area contributed by atoms with Gasteiger partial charge in [-0.05, 0) is 12.1 Å². The average molecular weight is 418 g/mol. The monoisotopic (exact) mass is 418 g/mol. The molecule has 7 nitrogen and oxygen atoms in total. The zero-order valence-corrected chi connectivity index (χ0v) is 17.3. The third kappa shape index (κ3) is 5.79. The Bertz CT molecular complexity index is 742. The Morgan fingerprint density at radius 2 is 1.13 bits per heavy atom. The Morgan fingerprint density at radius 3 is 1.50 bits per heavy atom. The topological polar surface area (TPSA) is 116 Å². The number of carbonyl (C=O) groups excluding carboxylic acids is 1. The number of ketones is 1. The largest absolute Gasteiger partial charge is 0.491 e. The molecule has 0 aromatic heterocycles. The zero-order chi connectivity index (χ0) is 22.1. The minimum atomic E-state index is -1.14. The third-order valence-corrected chi connectivity index (χ3v) is 5.02. The molecule has 164 valence electrons. The van der Waals surface area contributed by atoms with E-state index in [9.17, 15) is 15.0 Å². The van der Waals surface area contributed by atoms with Crippen LogP contribution in [0.5, 0.6) is 11.5 Å². The number of benzene rings is 2. The molecule has 0 fully saturated rings. The molecule has 0 bridgehead atoms. The molecule has 4 atom stereocenters. The van der Waals surface area contributed by atoms with Crippen LogP contribution in [-0.2, 0) is 4.79 Å². The fraction of sp³-hybridized carbons (Fsp3) is 0.435. The normalized spacial score (nSPS) is 15.1. The molecule has 4 N–H and O–H groups in total. The summed E-state index contributed by atoms with van der Waals surface area (Å²) < 4.78 is 10.9. The fourth-order valence-corrected chi connectivity index (χ4v) is 3.29. The summed E-state index contributed by atoms with van der Waals surface area (Å²) in [4.78, 5) is 13.0. The summed E-state index contributed by atoms with van der Waals surface area (Å²) in [5.74, 6) is -1.13. The van der Waals surface area contributed by atoms with E-state index < -0.39 is 24.0 Å². The Kier molecular flexibility index (Phi) is 9.26. The molecular formula is C23H30O7. The lowest BCUT2D eigenvalue weighted by atomic mass is 9.83. The van der Waals surface area contributed by atoms with Gasteiger partial charge in [-0.15, -0.1) is 0 Å². The van der Waals surface area contributed by atoms with Crippen LogP contribution in [-0.4, -0.2) is 52.6 Å². The van der Waals surface area contributed by atoms with Crippen LogP contribution in [0.4, 0.5) is 0 Å². The quantitative estimate of drug-likeness (QED) is 0.417. The first-order valence-electron chi connectivity index (χ1n) is 9.97. The van der Waals surface area contributed by atoms with Crippen LogP contribution in [0.1, 0.15) is 37.2 Å². The van der Waals surface area contributed by atoms with Gasteiger partial charge in [0.05, 0.1) is 25.4 Å². The van der Waals surface area contributed by atoms with Gasteiger partial charge >= 0.3 is 0 Å². The molecule has 2 aromatic rings. The van der Waals surface area contributed by atoms with Crippen molar-refractivity contribution in [3.8, 4) is 11.5 Å². The molecule has 0 aliphatic carbocycles. The molecule has 0 radical (unpaired) electrons. The Hall–Kier alpha value is -2.45. The smallest absolute Gasteiger partial charge is 0.144 e. The first-order chi connectivity index (χ1) is 14.4. The number of aliphatic hydroxyl groups is 4. The SMILES string of the molecule is CC(C(=O)C(C)C(O)c1ccccc1OCCO)C(O)c1ccccc1OCCO. The molecular weight excluding hydrogens is 388 g/mol. The number of carbonyl (C=O) groups is 1. The first-order valence-corrected chi connectivity index (χ1v) is 9.97. The predicted octanol–water partition coefficient (Wildman–Crippen LogP) is 2.04. The maximum atomic E-state index is 13.0. The summed E-state index contributed by atoms with van der Waals surface area (Å²) in [5, 5.41) is 39.6. The minimum Gasteiger partial charge on any atom is -0.491 e. The molecule has 0 aliphatic heterocycles. The zero-order valence-electron chi connectivity index (χ0n) is 17.3. The van der Waals surface area contributed by atoms with E-state index in [0.717, 1.165) is 0 Å². The van der Waals surface area contributed by atoms with Crippen LogP contribution in [0.25, 0.3) is 0 Å². The van der Waals surface area contributed by atoms with Crippen molar-refractivity contribution in [1.29, 1.82) is 0 Å². The van der Waals surface area contributed by atoms with Crippen LogP contribution in [0.3, 0.4) is 0 Å². The van der Waals surface area contributed by atoms with Gasteiger partial charge in [-0.2, -0.15) is 0 Å². The lowest BCUT2D eigenvalue weighted by Gasteiger charge is -2.26. The van der Waals surface area contributed by atoms with Crippen molar-refractivity contribution < 1.29 is 34.7 Å². The van der Waals surface area contributed by atoms with Gasteiger partial charge in [-0.3, -0.25) is 4.79 Å². The predicted molar refractivity (Wildman–Crippen MR) is 111 cm³/mol. The second-order valence-corrected chi connectivity index (χ2v) is 7.09. The van der Waals surface area contributed by atoms with Crippen molar-refractivity contribution in [3.63, 3.8) is 0 Å². The minimum absolute atomic E-state index is 0.0752. The molecule has 0 saturated carbocycles. The molecule has 7 heteroatoms. The molecule has 0 aliphatic rings. The third-order valence-electron chi connectivity index (χ3n) is 5.02. The molecule has 0 saturated heterocycles. The Balaban J connectivity index is 2.18. The highest BCUT2D eigenvalue weighted by atomic mass is 16.5. The van der Waals surface area contributed by atoms with Crippen LogP contribution in [0.15, 0.2) is 48.5 Å². The summed E-state index contributed by atoms with van der Waals surface area (Å²) in [6, 6.07) is 13.6. The molecule has 0 heterocycles. The van der Waals surface area contributed by atoms with Gasteiger partial charge in [0.15, 0.2) is 0 Å². The number of aliphatic hydroxyl groups excluding tert-OH is 4. The molecule has 4 unspecified atom stereocenters. The second kappa shape index (κ2) is 11.7. The van der Waals surface area contributed by atoms with E-state index >= 15 is 0 Å². The van der Waals surface area contributed by atoms with Crippen LogP contribution in [0.2, 0.25) is 0 Å². The van der Waals surface area contributed by atoms with Crippen molar-refractivity contribution in [1.82, 2.24) is 0 Å². The summed E-state index contributed by atoms with van der Waals surface area (Å²) >= 11 is 0. The van der Waals surface area contributed by atoms with Crippen LogP contribution < -0.4 is 9.47 Å². The Labute approximate surface area is 176 Å². The van der Waals surface area contributed by atoms with Gasteiger partial charge in [0.2, 0.25) is 0 Å². The summed E-state index contributed by atoms with van der Waals surface area (Å²) in [6.45, 7) is 3.03. The van der Waals surface area contributed by atoms with Crippen molar-refractivity contribution in [2.75, 3.05) is 26.4 Å². The summed E-state index contributed by atoms with van der Waals surface area (Å²) in [6.07, 6.45) is -2.27. The van der Waals surface area contributed by atoms with Gasteiger partial charge in [-0.1, -0.05) is 50.2 Å². The molecule has 2 rings (SSSR count). The highest BCUT2D eigenvalue weighted by Gasteiger charge is 2.33. The van der Waals surface area contributed by atoms with Gasteiger partial charge in [0.25, 0.3) is 0 Å². The average Bonchev–Trinajstić information content (AvgIpc) is 2.79. The number of rotatable bonds is 12. The molecule has 0 spiro atoms. The highest BCUT2D eigenvalue weighted by molar-refractivity contribution is 5.84. The molecule has 0 amide bonds. The number of para-hydroxylation sites is 2. The number of Topliss-reactive ketones (excluding diaryl/α,β-unsaturated/α-hetero) is 1. The van der Waals surface area contributed by atoms with Gasteiger partial charge in [0, 0.05) is 23.0 Å². The van der Waals surface area contributed by atoms with Crippen molar-refractivity contribution in [2.24, 2.45) is 11.8 Å². The van der Waals surface area contributed by atoms with Crippen LogP contribution in [0, 0.1) is 11.8 Å². The van der Waals surface area contributed by atoms with Crippen molar-refractivity contribution in [3.05, 3.63) is 59.7 Å². The summed E-state index contributed by atoms with van der Waals surface area (Å²) in [5.41, 5.74) is 0.889. The second-order valence-electron chi connectivity index (χ2n) is 7.09. The van der Waals surface area contributed by atoms with E-state index in [2.05, 4.69) is 0 Å². The number of ether oxygens (including phenoxy) is 2. The van der Waals surface area contributed by atoms with Crippen LogP contribution >= 0.6 is 0 Å². The van der Waals surface area contributed by atoms with E-state index in [1.54, 1.807) is 62.4 Å². The standard InChI is InChI=1S/C23H30O7/c1-15(22(27)17-7-3-5-9-19(17)29-13-11-24)21(26)16(2)23(28)18-8-4-6-10-20(18)30-14-12-25/h3-10,15-16,22-25,27-28H,11-14H2,1-2H3. The van der Waals surface area contributed by atoms with E-state index in [0.29, 0.717) is 22.6 Å². The van der Waals surface area contributed by atoms with Gasteiger partial charge in [-0.25, -0.2) is 0 Å². The van der Waals surface area contributed by atoms with E-state index in [4.69, 9.17) is 19.7 Å². The fourth-order valence-electron chi connectivity index (χ4n) is 3.29. The molecule has 2 aromatic carbocycles.